The van der Waals surface area contributed by atoms with E-state index in [1.807, 2.05) is 0 Å². The number of carbonyl (C=O) groups excluding carboxylic acids is 1. The van der Waals surface area contributed by atoms with Gasteiger partial charge in [0.05, 0.1) is 28.0 Å². The second-order valence-corrected chi connectivity index (χ2v) is 8.46. The Bertz CT molecular complexity index is 933. The number of nitrogens with zero attached hydrogens (tertiary/aromatic N) is 3. The molecule has 0 spiro atoms. The number of benzene rings is 1. The molecule has 25 heavy (non-hydrogen) atoms. The van der Waals surface area contributed by atoms with Gasteiger partial charge in [-0.1, -0.05) is 12.1 Å². The van der Waals surface area contributed by atoms with Gasteiger partial charge in [-0.05, 0) is 42.7 Å². The van der Waals surface area contributed by atoms with Crippen LogP contribution in [0.25, 0.3) is 0 Å². The molecule has 0 radical (unpaired) electrons. The van der Waals surface area contributed by atoms with E-state index in [1.165, 1.54) is 11.2 Å². The van der Waals surface area contributed by atoms with Gasteiger partial charge in [0.25, 0.3) is 5.91 Å². The first kappa shape index (κ1) is 16.0. The first-order chi connectivity index (χ1) is 12.1. The van der Waals surface area contributed by atoms with Crippen molar-refractivity contribution in [3.8, 4) is 0 Å². The van der Waals surface area contributed by atoms with Gasteiger partial charge in [0.1, 0.15) is 0 Å². The molecule has 2 aromatic rings. The third-order valence-corrected chi connectivity index (χ3v) is 6.70. The van der Waals surface area contributed by atoms with E-state index in [0.29, 0.717) is 23.4 Å². The van der Waals surface area contributed by atoms with Crippen LogP contribution in [0.5, 0.6) is 0 Å². The van der Waals surface area contributed by atoms with Gasteiger partial charge in [0.2, 0.25) is 0 Å². The smallest absolute Gasteiger partial charge is 0.267 e. The fraction of sp³-hybridized carbons (Fsp3) is 0.278. The number of rotatable bonds is 4. The molecule has 1 fully saturated rings. The maximum absolute atomic E-state index is 12.4. The molecule has 0 saturated heterocycles. The summed E-state index contributed by atoms with van der Waals surface area (Å²) in [6, 6.07) is 10.2. The highest BCUT2D eigenvalue weighted by Gasteiger charge is 2.36. The Balaban J connectivity index is 1.53. The lowest BCUT2D eigenvalue weighted by Crippen LogP contribution is -2.23. The van der Waals surface area contributed by atoms with Crippen LogP contribution in [0.4, 0.5) is 0 Å². The van der Waals surface area contributed by atoms with Crippen LogP contribution in [-0.4, -0.2) is 41.8 Å². The number of hydrogen-bond donors (Lipinski definition) is 0. The van der Waals surface area contributed by atoms with Gasteiger partial charge in [0.15, 0.2) is 9.84 Å². The van der Waals surface area contributed by atoms with E-state index in [0.717, 1.165) is 24.1 Å². The molecule has 7 heteroatoms. The third kappa shape index (κ3) is 3.07. The first-order valence-corrected chi connectivity index (χ1v) is 9.74. The minimum atomic E-state index is -3.18. The number of carbonyl (C=O) groups is 1. The topological polar surface area (TPSA) is 79.7 Å². The Morgan fingerprint density at radius 1 is 1.12 bits per heavy atom. The molecule has 1 aromatic heterocycles. The average molecular weight is 355 g/mol. The maximum Gasteiger partial charge on any atom is 0.275 e. The lowest BCUT2D eigenvalue weighted by atomic mass is 10.1. The number of hydrogen-bond acceptors (Lipinski definition) is 5. The highest BCUT2D eigenvalue weighted by atomic mass is 32.2. The summed E-state index contributed by atoms with van der Waals surface area (Å²) in [5, 5.41) is 5.62. The Morgan fingerprint density at radius 2 is 1.88 bits per heavy atom. The van der Waals surface area contributed by atoms with Crippen molar-refractivity contribution >= 4 is 21.5 Å². The molecule has 128 valence electrons. The average Bonchev–Trinajstić information content (AvgIpc) is 3.40. The summed E-state index contributed by atoms with van der Waals surface area (Å²) in [5.74, 6) is -0.184. The molecule has 6 nitrogen and oxygen atoms in total. The zero-order valence-corrected chi connectivity index (χ0v) is 14.3. The summed E-state index contributed by atoms with van der Waals surface area (Å²) in [7, 11) is -3.18. The predicted octanol–water partition coefficient (Wildman–Crippen LogP) is 2.27. The number of hydrazone groups is 1. The molecule has 1 aliphatic carbocycles. The number of amides is 1. The van der Waals surface area contributed by atoms with Crippen LogP contribution in [0, 0.1) is 0 Å². The van der Waals surface area contributed by atoms with Crippen molar-refractivity contribution in [3.05, 3.63) is 59.9 Å². The molecular weight excluding hydrogens is 338 g/mol. The lowest BCUT2D eigenvalue weighted by molar-refractivity contribution is 0.0778. The van der Waals surface area contributed by atoms with Crippen LogP contribution in [0.3, 0.4) is 0 Å². The normalized spacial score (nSPS) is 17.4. The number of pyridine rings is 1. The second kappa shape index (κ2) is 6.07. The molecule has 0 unspecified atom stereocenters. The highest BCUT2D eigenvalue weighted by molar-refractivity contribution is 7.92. The Labute approximate surface area is 146 Å². The highest BCUT2D eigenvalue weighted by Crippen LogP contribution is 2.33. The molecule has 2 heterocycles. The van der Waals surface area contributed by atoms with Crippen LogP contribution in [0.15, 0.2) is 58.8 Å². The summed E-state index contributed by atoms with van der Waals surface area (Å²) in [4.78, 5) is 16.7. The van der Waals surface area contributed by atoms with Crippen molar-refractivity contribution in [2.24, 2.45) is 5.10 Å². The van der Waals surface area contributed by atoms with Crippen LogP contribution >= 0.6 is 0 Å². The number of aromatic nitrogens is 1. The number of sulfone groups is 1. The van der Waals surface area contributed by atoms with Crippen molar-refractivity contribution in [3.63, 3.8) is 0 Å². The quantitative estimate of drug-likeness (QED) is 0.843. The third-order valence-electron chi connectivity index (χ3n) is 4.42. The Morgan fingerprint density at radius 3 is 2.52 bits per heavy atom. The van der Waals surface area contributed by atoms with E-state index < -0.39 is 9.84 Å². The van der Waals surface area contributed by atoms with Gasteiger partial charge in [-0.25, -0.2) is 13.4 Å². The predicted molar refractivity (Wildman–Crippen MR) is 93.1 cm³/mol. The van der Waals surface area contributed by atoms with Crippen molar-refractivity contribution in [1.82, 2.24) is 9.99 Å². The monoisotopic (exact) mass is 355 g/mol. The minimum absolute atomic E-state index is 0.184. The maximum atomic E-state index is 12.4. The second-order valence-electron chi connectivity index (χ2n) is 6.24. The molecule has 0 atom stereocenters. The molecule has 0 bridgehead atoms. The zero-order chi connectivity index (χ0) is 17.4. The Hall–Kier alpha value is -2.54. The minimum Gasteiger partial charge on any atom is -0.267 e. The van der Waals surface area contributed by atoms with E-state index in [2.05, 4.69) is 10.1 Å². The van der Waals surface area contributed by atoms with Crippen molar-refractivity contribution < 1.29 is 13.2 Å². The van der Waals surface area contributed by atoms with Gasteiger partial charge < -0.3 is 0 Å². The van der Waals surface area contributed by atoms with Crippen LogP contribution in [-0.2, 0) is 9.84 Å². The summed E-state index contributed by atoms with van der Waals surface area (Å²) >= 11 is 0. The summed E-state index contributed by atoms with van der Waals surface area (Å²) < 4.78 is 24.5. The van der Waals surface area contributed by atoms with Crippen molar-refractivity contribution in [2.75, 3.05) is 6.54 Å². The van der Waals surface area contributed by atoms with Crippen LogP contribution in [0.1, 0.15) is 35.2 Å². The Kier molecular flexibility index (Phi) is 3.88. The molecule has 1 aliphatic heterocycles. The molecule has 1 amide bonds. The van der Waals surface area contributed by atoms with E-state index in [1.54, 1.807) is 42.6 Å². The van der Waals surface area contributed by atoms with Gasteiger partial charge >= 0.3 is 0 Å². The summed E-state index contributed by atoms with van der Waals surface area (Å²) in [6.07, 6.45) is 5.28. The molecule has 1 saturated carbocycles. The van der Waals surface area contributed by atoms with Gasteiger partial charge in [0, 0.05) is 18.8 Å². The summed E-state index contributed by atoms with van der Waals surface area (Å²) in [6.45, 7) is 0.505. The summed E-state index contributed by atoms with van der Waals surface area (Å²) in [5.41, 5.74) is 2.13. The van der Waals surface area contributed by atoms with E-state index in [-0.39, 0.29) is 11.2 Å². The molecule has 2 aliphatic rings. The zero-order valence-electron chi connectivity index (χ0n) is 13.5. The van der Waals surface area contributed by atoms with Crippen molar-refractivity contribution in [1.29, 1.82) is 0 Å². The van der Waals surface area contributed by atoms with Gasteiger partial charge in [-0.3, -0.25) is 9.78 Å². The fourth-order valence-electron chi connectivity index (χ4n) is 2.85. The molecule has 4 rings (SSSR count). The van der Waals surface area contributed by atoms with E-state index in [9.17, 15) is 13.2 Å². The van der Waals surface area contributed by atoms with Gasteiger partial charge in [-0.2, -0.15) is 5.10 Å². The van der Waals surface area contributed by atoms with Crippen LogP contribution < -0.4 is 0 Å². The fourth-order valence-corrected chi connectivity index (χ4v) is 4.51. The van der Waals surface area contributed by atoms with Crippen LogP contribution in [0.2, 0.25) is 0 Å². The first-order valence-electron chi connectivity index (χ1n) is 8.19. The van der Waals surface area contributed by atoms with Crippen molar-refractivity contribution in [2.45, 2.75) is 29.4 Å². The molecular formula is C18H17N3O3S. The standard InChI is InChI=1S/C18H17N3O3S/c22-18(14-2-1-10-19-12-14)21-11-9-17(20-21)13-3-5-15(6-4-13)25(23,24)16-7-8-16/h1-6,10,12,16H,7-9,11H2. The largest absolute Gasteiger partial charge is 0.275 e. The lowest BCUT2D eigenvalue weighted by Gasteiger charge is -2.10. The molecule has 1 aromatic carbocycles. The SMILES string of the molecule is O=C(c1cccnc1)N1CCC(c2ccc(S(=O)(=O)C3CC3)cc2)=N1. The van der Waals surface area contributed by atoms with Gasteiger partial charge in [-0.15, -0.1) is 0 Å². The molecule has 0 N–H and O–H groups in total. The van der Waals surface area contributed by atoms with E-state index >= 15 is 0 Å². The van der Waals surface area contributed by atoms with E-state index in [4.69, 9.17) is 0 Å².